The first-order chi connectivity index (χ1) is 9.84. The van der Waals surface area contributed by atoms with Crippen molar-refractivity contribution in [2.75, 3.05) is 32.7 Å². The van der Waals surface area contributed by atoms with Gasteiger partial charge in [-0.3, -0.25) is 9.69 Å². The van der Waals surface area contributed by atoms with Crippen LogP contribution in [0, 0.1) is 5.82 Å². The molecule has 1 aromatic carbocycles. The number of benzene rings is 1. The van der Waals surface area contributed by atoms with Crippen LogP contribution in [0.2, 0.25) is 0 Å². The van der Waals surface area contributed by atoms with Gasteiger partial charge in [0.05, 0.1) is 12.1 Å². The Balaban J connectivity index is 2.01. The second-order valence-corrected chi connectivity index (χ2v) is 5.09. The molecule has 1 aliphatic rings. The van der Waals surface area contributed by atoms with E-state index in [1.165, 1.54) is 0 Å². The molecular formula is C14H16F4N2O. The van der Waals surface area contributed by atoms with E-state index in [9.17, 15) is 22.4 Å². The molecule has 0 aliphatic carbocycles. The van der Waals surface area contributed by atoms with Crippen LogP contribution in [0.15, 0.2) is 18.2 Å². The molecule has 1 aliphatic heterocycles. The van der Waals surface area contributed by atoms with Gasteiger partial charge in [-0.25, -0.2) is 4.39 Å². The number of nitrogens with one attached hydrogen (secondary N) is 1. The van der Waals surface area contributed by atoms with Gasteiger partial charge in [-0.2, -0.15) is 13.2 Å². The number of piperazine rings is 1. The Morgan fingerprint density at radius 1 is 1.19 bits per heavy atom. The molecule has 21 heavy (non-hydrogen) atoms. The maximum absolute atomic E-state index is 13.2. The average Bonchev–Trinajstić information content (AvgIpc) is 2.37. The fraction of sp³-hybridized carbons (Fsp3) is 0.500. The van der Waals surface area contributed by atoms with E-state index >= 15 is 0 Å². The Morgan fingerprint density at radius 2 is 1.86 bits per heavy atom. The van der Waals surface area contributed by atoms with Crippen LogP contribution in [0.3, 0.4) is 0 Å². The number of carbonyl (C=O) groups excluding carboxylic acids is 1. The third-order valence-corrected chi connectivity index (χ3v) is 3.30. The van der Waals surface area contributed by atoms with E-state index in [1.807, 2.05) is 4.90 Å². The third-order valence-electron chi connectivity index (χ3n) is 3.30. The predicted molar refractivity (Wildman–Crippen MR) is 69.4 cm³/mol. The van der Waals surface area contributed by atoms with Crippen molar-refractivity contribution in [3.05, 3.63) is 35.1 Å². The number of halogens is 4. The molecule has 3 nitrogen and oxygen atoms in total. The second-order valence-electron chi connectivity index (χ2n) is 5.09. The molecule has 0 atom stereocenters. The number of ketones is 1. The highest BCUT2D eigenvalue weighted by atomic mass is 19.4. The lowest BCUT2D eigenvalue weighted by atomic mass is 10.0. The van der Waals surface area contributed by atoms with Crippen molar-refractivity contribution in [1.82, 2.24) is 10.2 Å². The lowest BCUT2D eigenvalue weighted by Crippen LogP contribution is -2.45. The lowest BCUT2D eigenvalue weighted by Gasteiger charge is -2.26. The summed E-state index contributed by atoms with van der Waals surface area (Å²) >= 11 is 0. The molecule has 0 saturated carbocycles. The highest BCUT2D eigenvalue weighted by molar-refractivity contribution is 5.82. The first-order valence-corrected chi connectivity index (χ1v) is 6.66. The zero-order valence-corrected chi connectivity index (χ0v) is 11.3. The van der Waals surface area contributed by atoms with E-state index in [-0.39, 0.29) is 24.3 Å². The quantitative estimate of drug-likeness (QED) is 0.862. The van der Waals surface area contributed by atoms with E-state index in [0.717, 1.165) is 38.3 Å². The van der Waals surface area contributed by atoms with Crippen molar-refractivity contribution in [3.63, 3.8) is 0 Å². The smallest absolute Gasteiger partial charge is 0.314 e. The van der Waals surface area contributed by atoms with Crippen molar-refractivity contribution in [3.8, 4) is 0 Å². The second kappa shape index (κ2) is 6.53. The number of carbonyl (C=O) groups is 1. The summed E-state index contributed by atoms with van der Waals surface area (Å²) in [5, 5.41) is 3.14. The van der Waals surface area contributed by atoms with Crippen LogP contribution in [-0.4, -0.2) is 43.4 Å². The highest BCUT2D eigenvalue weighted by Gasteiger charge is 2.31. The van der Waals surface area contributed by atoms with Crippen molar-refractivity contribution >= 4 is 5.78 Å². The lowest BCUT2D eigenvalue weighted by molar-refractivity contribution is -0.138. The van der Waals surface area contributed by atoms with E-state index < -0.39 is 17.6 Å². The third kappa shape index (κ3) is 4.78. The van der Waals surface area contributed by atoms with Gasteiger partial charge in [0.2, 0.25) is 0 Å². The van der Waals surface area contributed by atoms with Gasteiger partial charge in [-0.15, -0.1) is 0 Å². The van der Waals surface area contributed by atoms with Crippen LogP contribution in [0.1, 0.15) is 11.1 Å². The maximum Gasteiger partial charge on any atom is 0.416 e. The Bertz CT molecular complexity index is 510. The minimum atomic E-state index is -4.61. The van der Waals surface area contributed by atoms with E-state index in [1.54, 1.807) is 0 Å². The molecule has 0 radical (unpaired) electrons. The van der Waals surface area contributed by atoms with Crippen LogP contribution >= 0.6 is 0 Å². The summed E-state index contributed by atoms with van der Waals surface area (Å²) in [6.45, 7) is 3.20. The van der Waals surface area contributed by atoms with Gasteiger partial charge in [-0.1, -0.05) is 0 Å². The van der Waals surface area contributed by atoms with Crippen molar-refractivity contribution in [2.45, 2.75) is 12.6 Å². The largest absolute Gasteiger partial charge is 0.416 e. The molecule has 7 heteroatoms. The molecular weight excluding hydrogens is 288 g/mol. The summed E-state index contributed by atoms with van der Waals surface area (Å²) in [4.78, 5) is 13.8. The normalized spacial score (nSPS) is 17.0. The molecule has 1 fully saturated rings. The fourth-order valence-electron chi connectivity index (χ4n) is 2.32. The number of hydrogen-bond donors (Lipinski definition) is 1. The fourth-order valence-corrected chi connectivity index (χ4v) is 2.32. The zero-order valence-electron chi connectivity index (χ0n) is 11.3. The number of rotatable bonds is 4. The van der Waals surface area contributed by atoms with Gasteiger partial charge in [0.1, 0.15) is 5.82 Å². The highest BCUT2D eigenvalue weighted by Crippen LogP contribution is 2.30. The standard InChI is InChI=1S/C14H16F4N2O/c15-12-6-10(5-11(8-12)14(16,17)18)7-13(21)9-20-3-1-19-2-4-20/h5-6,8,19H,1-4,7,9H2. The Kier molecular flexibility index (Phi) is 4.95. The Labute approximate surface area is 119 Å². The summed E-state index contributed by atoms with van der Waals surface area (Å²) in [5.74, 6) is -1.19. The summed E-state index contributed by atoms with van der Waals surface area (Å²) in [7, 11) is 0. The van der Waals surface area contributed by atoms with Crippen LogP contribution in [0.25, 0.3) is 0 Å². The SMILES string of the molecule is O=C(Cc1cc(F)cc(C(F)(F)F)c1)CN1CCNCC1. The Hall–Kier alpha value is -1.47. The van der Waals surface area contributed by atoms with Crippen molar-refractivity contribution in [1.29, 1.82) is 0 Å². The molecule has 0 amide bonds. The first kappa shape index (κ1) is 15.9. The van der Waals surface area contributed by atoms with Gasteiger partial charge < -0.3 is 5.32 Å². The van der Waals surface area contributed by atoms with Crippen LogP contribution in [0.4, 0.5) is 17.6 Å². The van der Waals surface area contributed by atoms with Gasteiger partial charge in [0.15, 0.2) is 5.78 Å². The zero-order chi connectivity index (χ0) is 15.5. The molecule has 1 N–H and O–H groups in total. The predicted octanol–water partition coefficient (Wildman–Crippen LogP) is 1.86. The number of Topliss-reactive ketones (excluding diaryl/α,β-unsaturated/α-hetero) is 1. The summed E-state index contributed by atoms with van der Waals surface area (Å²) in [6.07, 6.45) is -4.80. The van der Waals surface area contributed by atoms with Gasteiger partial charge >= 0.3 is 6.18 Å². The molecule has 1 heterocycles. The van der Waals surface area contributed by atoms with Crippen LogP contribution in [0.5, 0.6) is 0 Å². The maximum atomic E-state index is 13.2. The van der Waals surface area contributed by atoms with Gasteiger partial charge in [0, 0.05) is 32.6 Å². The molecule has 1 aromatic rings. The number of nitrogens with zero attached hydrogens (tertiary/aromatic N) is 1. The first-order valence-electron chi connectivity index (χ1n) is 6.66. The number of hydrogen-bond acceptors (Lipinski definition) is 3. The molecule has 116 valence electrons. The molecule has 0 unspecified atom stereocenters. The van der Waals surface area contributed by atoms with Crippen molar-refractivity contribution in [2.24, 2.45) is 0 Å². The van der Waals surface area contributed by atoms with Crippen LogP contribution < -0.4 is 5.32 Å². The monoisotopic (exact) mass is 304 g/mol. The number of alkyl halides is 3. The van der Waals surface area contributed by atoms with Gasteiger partial charge in [-0.05, 0) is 23.8 Å². The minimum Gasteiger partial charge on any atom is -0.314 e. The molecule has 0 aromatic heterocycles. The molecule has 0 spiro atoms. The summed E-state index contributed by atoms with van der Waals surface area (Å²) in [5.41, 5.74) is -1.00. The molecule has 1 saturated heterocycles. The van der Waals surface area contributed by atoms with Crippen molar-refractivity contribution < 1.29 is 22.4 Å². The Morgan fingerprint density at radius 3 is 2.48 bits per heavy atom. The van der Waals surface area contributed by atoms with Gasteiger partial charge in [0.25, 0.3) is 0 Å². The summed E-state index contributed by atoms with van der Waals surface area (Å²) < 4.78 is 51.0. The minimum absolute atomic E-state index is 0.0578. The molecule has 2 rings (SSSR count). The van der Waals surface area contributed by atoms with Crippen LogP contribution in [-0.2, 0) is 17.4 Å². The molecule has 0 bridgehead atoms. The summed E-state index contributed by atoms with van der Waals surface area (Å²) in [6, 6.07) is 2.24. The van der Waals surface area contributed by atoms with E-state index in [2.05, 4.69) is 5.32 Å². The average molecular weight is 304 g/mol. The van der Waals surface area contributed by atoms with E-state index in [4.69, 9.17) is 0 Å². The topological polar surface area (TPSA) is 32.3 Å². The van der Waals surface area contributed by atoms with E-state index in [0.29, 0.717) is 6.07 Å².